The molecule has 0 spiro atoms. The second-order valence-electron chi connectivity index (χ2n) is 3.54. The van der Waals surface area contributed by atoms with Crippen molar-refractivity contribution in [3.8, 4) is 0 Å². The maximum absolute atomic E-state index is 9.18. The van der Waals surface area contributed by atoms with E-state index in [0.717, 1.165) is 18.4 Å². The Kier molecular flexibility index (Phi) is 1.09. The van der Waals surface area contributed by atoms with Crippen LogP contribution in [0.3, 0.4) is 0 Å². The van der Waals surface area contributed by atoms with Crippen LogP contribution in [0.1, 0.15) is 6.42 Å². The van der Waals surface area contributed by atoms with E-state index in [1.54, 1.807) is 0 Å². The lowest BCUT2D eigenvalue weighted by Crippen LogP contribution is -2.30. The first-order valence-corrected chi connectivity index (χ1v) is 3.78. The van der Waals surface area contributed by atoms with Gasteiger partial charge in [-0.15, -0.1) is 0 Å². The van der Waals surface area contributed by atoms with Gasteiger partial charge in [0.2, 0.25) is 0 Å². The topological polar surface area (TPSA) is 23.5 Å². The predicted octanol–water partition coefficient (Wildman–Crippen LogP) is 1.01. The smallest absolute Gasteiger partial charge is 0.102 e. The van der Waals surface area contributed by atoms with Crippen molar-refractivity contribution in [1.82, 2.24) is 4.90 Å². The molecule has 0 unspecified atom stereocenters. The SMILES string of the molecule is C=C(O)[C@@H]1[C@H]2C[C@H]2CN1C. The predicted molar refractivity (Wildman–Crippen MR) is 39.8 cm³/mol. The summed E-state index contributed by atoms with van der Waals surface area (Å²) in [5.41, 5.74) is 0. The lowest BCUT2D eigenvalue weighted by atomic mass is 10.1. The number of likely N-dealkylation sites (N-methyl/N-ethyl adjacent to an activating group) is 1. The van der Waals surface area contributed by atoms with Gasteiger partial charge in [-0.05, 0) is 25.3 Å². The fourth-order valence-corrected chi connectivity index (χ4v) is 2.18. The van der Waals surface area contributed by atoms with E-state index < -0.39 is 0 Å². The number of rotatable bonds is 1. The average molecular weight is 139 g/mol. The Bertz CT molecular complexity index is 176. The molecule has 1 aliphatic carbocycles. The monoisotopic (exact) mass is 139 g/mol. The van der Waals surface area contributed by atoms with Crippen molar-refractivity contribution < 1.29 is 5.11 Å². The van der Waals surface area contributed by atoms with E-state index in [0.29, 0.717) is 5.76 Å². The van der Waals surface area contributed by atoms with E-state index in [-0.39, 0.29) is 6.04 Å². The third-order valence-corrected chi connectivity index (χ3v) is 2.72. The minimum atomic E-state index is 0.269. The van der Waals surface area contributed by atoms with Crippen molar-refractivity contribution in [2.24, 2.45) is 11.8 Å². The highest BCUT2D eigenvalue weighted by Crippen LogP contribution is 2.50. The molecule has 0 amide bonds. The van der Waals surface area contributed by atoms with Crippen LogP contribution in [0.2, 0.25) is 0 Å². The fourth-order valence-electron chi connectivity index (χ4n) is 2.18. The molecule has 2 aliphatic rings. The number of aliphatic hydroxyl groups is 1. The first-order valence-electron chi connectivity index (χ1n) is 3.78. The van der Waals surface area contributed by atoms with E-state index in [1.807, 2.05) is 0 Å². The molecule has 0 aromatic rings. The van der Waals surface area contributed by atoms with Crippen LogP contribution < -0.4 is 0 Å². The highest BCUT2D eigenvalue weighted by Gasteiger charge is 2.52. The quantitative estimate of drug-likeness (QED) is 0.548. The first-order chi connectivity index (χ1) is 4.70. The highest BCUT2D eigenvalue weighted by atomic mass is 16.3. The lowest BCUT2D eigenvalue weighted by molar-refractivity contribution is 0.229. The molecule has 1 aliphatic heterocycles. The molecule has 1 heterocycles. The lowest BCUT2D eigenvalue weighted by Gasteiger charge is -2.20. The molecular weight excluding hydrogens is 126 g/mol. The van der Waals surface area contributed by atoms with E-state index in [1.165, 1.54) is 6.42 Å². The molecule has 3 atom stereocenters. The van der Waals surface area contributed by atoms with Gasteiger partial charge in [0.15, 0.2) is 0 Å². The standard InChI is InChI=1S/C8H13NO/c1-5(10)8-7-3-6(7)4-9(8)2/h6-8,10H,1,3-4H2,2H3/t6-,7-,8+/m0/s1. The number of hydrogen-bond donors (Lipinski definition) is 1. The van der Waals surface area contributed by atoms with Gasteiger partial charge >= 0.3 is 0 Å². The van der Waals surface area contributed by atoms with Gasteiger partial charge in [0.1, 0.15) is 5.76 Å². The van der Waals surface area contributed by atoms with Crippen LogP contribution in [0.5, 0.6) is 0 Å². The van der Waals surface area contributed by atoms with E-state index in [9.17, 15) is 5.11 Å². The Morgan fingerprint density at radius 3 is 2.70 bits per heavy atom. The minimum absolute atomic E-state index is 0.269. The fraction of sp³-hybridized carbons (Fsp3) is 0.750. The van der Waals surface area contributed by atoms with Crippen LogP contribution in [0.15, 0.2) is 12.3 Å². The van der Waals surface area contributed by atoms with E-state index >= 15 is 0 Å². The Morgan fingerprint density at radius 1 is 1.70 bits per heavy atom. The number of hydrogen-bond acceptors (Lipinski definition) is 2. The number of aliphatic hydroxyl groups excluding tert-OH is 1. The van der Waals surface area contributed by atoms with Gasteiger partial charge in [-0.1, -0.05) is 6.58 Å². The molecule has 0 aromatic carbocycles. The largest absolute Gasteiger partial charge is 0.511 e. The van der Waals surface area contributed by atoms with Crippen LogP contribution in [0, 0.1) is 11.8 Å². The minimum Gasteiger partial charge on any atom is -0.511 e. The van der Waals surface area contributed by atoms with Crippen molar-refractivity contribution in [3.63, 3.8) is 0 Å². The van der Waals surface area contributed by atoms with Gasteiger partial charge in [0.25, 0.3) is 0 Å². The van der Waals surface area contributed by atoms with E-state index in [4.69, 9.17) is 0 Å². The molecule has 10 heavy (non-hydrogen) atoms. The van der Waals surface area contributed by atoms with Crippen molar-refractivity contribution in [3.05, 3.63) is 12.3 Å². The summed E-state index contributed by atoms with van der Waals surface area (Å²) in [7, 11) is 2.05. The summed E-state index contributed by atoms with van der Waals surface area (Å²) in [4.78, 5) is 2.20. The maximum atomic E-state index is 9.18. The Labute approximate surface area is 61.1 Å². The van der Waals surface area contributed by atoms with Crippen LogP contribution >= 0.6 is 0 Å². The molecule has 56 valence electrons. The normalized spacial score (nSPS) is 45.1. The van der Waals surface area contributed by atoms with Crippen LogP contribution in [-0.2, 0) is 0 Å². The summed E-state index contributed by atoms with van der Waals surface area (Å²) in [5.74, 6) is 1.94. The molecule has 0 aromatic heterocycles. The van der Waals surface area contributed by atoms with Crippen molar-refractivity contribution in [2.45, 2.75) is 12.5 Å². The molecule has 2 fully saturated rings. The number of likely N-dealkylation sites (tertiary alicyclic amines) is 1. The zero-order chi connectivity index (χ0) is 7.30. The Balaban J connectivity index is 2.12. The summed E-state index contributed by atoms with van der Waals surface area (Å²) in [6.45, 7) is 4.73. The number of piperidine rings is 1. The summed E-state index contributed by atoms with van der Waals surface area (Å²) in [6.07, 6.45) is 1.30. The molecule has 2 nitrogen and oxygen atoms in total. The molecule has 2 heteroatoms. The summed E-state index contributed by atoms with van der Waals surface area (Å²) in [5, 5.41) is 9.18. The van der Waals surface area contributed by atoms with Gasteiger partial charge in [-0.25, -0.2) is 0 Å². The van der Waals surface area contributed by atoms with E-state index in [2.05, 4.69) is 18.5 Å². The third kappa shape index (κ3) is 0.686. The van der Waals surface area contributed by atoms with Gasteiger partial charge in [-0.3, -0.25) is 4.90 Å². The number of nitrogens with zero attached hydrogens (tertiary/aromatic N) is 1. The van der Waals surface area contributed by atoms with Gasteiger partial charge in [-0.2, -0.15) is 0 Å². The molecule has 2 rings (SSSR count). The van der Waals surface area contributed by atoms with Gasteiger partial charge in [0, 0.05) is 6.54 Å². The molecule has 0 bridgehead atoms. The second kappa shape index (κ2) is 1.76. The zero-order valence-corrected chi connectivity index (χ0v) is 6.25. The third-order valence-electron chi connectivity index (χ3n) is 2.72. The van der Waals surface area contributed by atoms with Gasteiger partial charge in [0.05, 0.1) is 6.04 Å². The van der Waals surface area contributed by atoms with Crippen molar-refractivity contribution in [2.75, 3.05) is 13.6 Å². The van der Waals surface area contributed by atoms with Crippen molar-refractivity contribution in [1.29, 1.82) is 0 Å². The molecule has 1 saturated carbocycles. The van der Waals surface area contributed by atoms with Crippen LogP contribution in [0.4, 0.5) is 0 Å². The second-order valence-corrected chi connectivity index (χ2v) is 3.54. The average Bonchev–Trinajstić information content (AvgIpc) is 2.42. The number of fused-ring (bicyclic) bond motifs is 1. The molecule has 0 radical (unpaired) electrons. The summed E-state index contributed by atoms with van der Waals surface area (Å²) >= 11 is 0. The van der Waals surface area contributed by atoms with Crippen LogP contribution in [-0.4, -0.2) is 29.6 Å². The molecular formula is C8H13NO. The Hall–Kier alpha value is -0.500. The van der Waals surface area contributed by atoms with Gasteiger partial charge < -0.3 is 5.11 Å². The van der Waals surface area contributed by atoms with Crippen molar-refractivity contribution >= 4 is 0 Å². The molecule has 1 N–H and O–H groups in total. The molecule has 1 saturated heterocycles. The van der Waals surface area contributed by atoms with Crippen LogP contribution in [0.25, 0.3) is 0 Å². The zero-order valence-electron chi connectivity index (χ0n) is 6.25. The highest BCUT2D eigenvalue weighted by molar-refractivity contribution is 5.13. The Morgan fingerprint density at radius 2 is 2.40 bits per heavy atom. The first kappa shape index (κ1) is 6.23. The summed E-state index contributed by atoms with van der Waals surface area (Å²) < 4.78 is 0. The maximum Gasteiger partial charge on any atom is 0.102 e. The summed E-state index contributed by atoms with van der Waals surface area (Å²) in [6, 6.07) is 0.269.